The number of carbonyl (C=O) groups excluding carboxylic acids is 2. The maximum atomic E-state index is 11.7. The number of amides is 2. The van der Waals surface area contributed by atoms with E-state index in [0.29, 0.717) is 0 Å². The zero-order chi connectivity index (χ0) is 15.2. The average molecular weight is 284 g/mol. The van der Waals surface area contributed by atoms with Crippen molar-refractivity contribution in [1.29, 1.82) is 0 Å². The van der Waals surface area contributed by atoms with Crippen LogP contribution in [0.25, 0.3) is 0 Å². The van der Waals surface area contributed by atoms with Gasteiger partial charge in [-0.2, -0.15) is 0 Å². The molecule has 0 aromatic carbocycles. The lowest BCUT2D eigenvalue weighted by molar-refractivity contribution is -0.131. The summed E-state index contributed by atoms with van der Waals surface area (Å²) >= 11 is 0. The van der Waals surface area contributed by atoms with Crippen LogP contribution in [-0.4, -0.2) is 35.6 Å². The number of hydrogen-bond acceptors (Lipinski definition) is 3. The highest BCUT2D eigenvalue weighted by Crippen LogP contribution is 2.26. The molecule has 2 amide bonds. The molecule has 0 aromatic rings. The molecule has 1 saturated carbocycles. The summed E-state index contributed by atoms with van der Waals surface area (Å²) in [7, 11) is 0. The Balaban J connectivity index is 2.30. The smallest absolute Gasteiger partial charge is 0.239 e. The van der Waals surface area contributed by atoms with Gasteiger partial charge in [0.2, 0.25) is 11.8 Å². The molecule has 1 rings (SSSR count). The van der Waals surface area contributed by atoms with E-state index in [1.54, 1.807) is 20.8 Å². The second kappa shape index (κ2) is 7.07. The van der Waals surface area contributed by atoms with Crippen LogP contribution < -0.4 is 10.6 Å². The summed E-state index contributed by atoms with van der Waals surface area (Å²) in [4.78, 5) is 23.4. The maximum absolute atomic E-state index is 11.7. The second-order valence-corrected chi connectivity index (χ2v) is 6.85. The zero-order valence-corrected chi connectivity index (χ0v) is 12.9. The van der Waals surface area contributed by atoms with E-state index in [1.807, 2.05) is 0 Å². The number of carbonyl (C=O) groups is 2. The Bertz CT molecular complexity index is 340. The Morgan fingerprint density at radius 1 is 1.05 bits per heavy atom. The molecule has 3 N–H and O–H groups in total. The van der Waals surface area contributed by atoms with Gasteiger partial charge in [-0.15, -0.1) is 0 Å². The molecular weight excluding hydrogens is 256 g/mol. The third kappa shape index (κ3) is 5.90. The first-order valence-corrected chi connectivity index (χ1v) is 7.50. The predicted molar refractivity (Wildman–Crippen MR) is 78.1 cm³/mol. The number of rotatable bonds is 4. The van der Waals surface area contributed by atoms with Gasteiger partial charge >= 0.3 is 0 Å². The molecule has 0 spiro atoms. The minimum absolute atomic E-state index is 0.0355. The second-order valence-electron chi connectivity index (χ2n) is 6.85. The lowest BCUT2D eigenvalue weighted by Gasteiger charge is -2.27. The Morgan fingerprint density at radius 3 is 2.10 bits per heavy atom. The summed E-state index contributed by atoms with van der Waals surface area (Å²) in [6.45, 7) is 5.64. The van der Waals surface area contributed by atoms with E-state index in [9.17, 15) is 14.7 Å². The molecule has 116 valence electrons. The summed E-state index contributed by atoms with van der Waals surface area (Å²) in [6.07, 6.45) is 5.79. The van der Waals surface area contributed by atoms with Crippen LogP contribution in [0.15, 0.2) is 0 Å². The zero-order valence-electron chi connectivity index (χ0n) is 12.9. The van der Waals surface area contributed by atoms with Gasteiger partial charge in [0.1, 0.15) is 0 Å². The number of hydrogen-bond donors (Lipinski definition) is 3. The molecule has 0 bridgehead atoms. The van der Waals surface area contributed by atoms with Crippen LogP contribution in [0.5, 0.6) is 0 Å². The molecule has 5 heteroatoms. The van der Waals surface area contributed by atoms with E-state index in [0.717, 1.165) is 38.5 Å². The van der Waals surface area contributed by atoms with Crippen molar-refractivity contribution in [3.63, 3.8) is 0 Å². The van der Waals surface area contributed by atoms with E-state index in [4.69, 9.17) is 0 Å². The van der Waals surface area contributed by atoms with Gasteiger partial charge in [0, 0.05) is 12.0 Å². The van der Waals surface area contributed by atoms with Crippen LogP contribution in [-0.2, 0) is 9.59 Å². The summed E-state index contributed by atoms with van der Waals surface area (Å²) < 4.78 is 0. The molecule has 0 unspecified atom stereocenters. The van der Waals surface area contributed by atoms with Crippen molar-refractivity contribution in [3.05, 3.63) is 0 Å². The molecule has 20 heavy (non-hydrogen) atoms. The summed E-state index contributed by atoms with van der Waals surface area (Å²) in [6, 6.07) is 0. The van der Waals surface area contributed by atoms with Crippen molar-refractivity contribution in [2.75, 3.05) is 13.1 Å². The van der Waals surface area contributed by atoms with Crippen molar-refractivity contribution < 1.29 is 14.7 Å². The molecule has 0 atom stereocenters. The largest absolute Gasteiger partial charge is 0.388 e. The minimum Gasteiger partial charge on any atom is -0.388 e. The predicted octanol–water partition coefficient (Wildman–Crippen LogP) is 1.35. The van der Waals surface area contributed by atoms with Crippen LogP contribution in [0.4, 0.5) is 0 Å². The topological polar surface area (TPSA) is 78.4 Å². The fourth-order valence-corrected chi connectivity index (χ4v) is 2.31. The number of nitrogens with one attached hydrogen (secondary N) is 2. The lowest BCUT2D eigenvalue weighted by atomic mass is 9.94. The van der Waals surface area contributed by atoms with Crippen LogP contribution in [0.1, 0.15) is 59.3 Å². The van der Waals surface area contributed by atoms with Crippen molar-refractivity contribution in [3.8, 4) is 0 Å². The molecule has 0 heterocycles. The van der Waals surface area contributed by atoms with E-state index >= 15 is 0 Å². The van der Waals surface area contributed by atoms with E-state index in [2.05, 4.69) is 10.6 Å². The molecule has 1 aliphatic rings. The van der Waals surface area contributed by atoms with Gasteiger partial charge < -0.3 is 15.7 Å². The van der Waals surface area contributed by atoms with Gasteiger partial charge in [0.25, 0.3) is 0 Å². The van der Waals surface area contributed by atoms with E-state index < -0.39 is 11.0 Å². The third-order valence-corrected chi connectivity index (χ3v) is 3.74. The fourth-order valence-electron chi connectivity index (χ4n) is 2.31. The molecule has 0 saturated heterocycles. The van der Waals surface area contributed by atoms with Crippen molar-refractivity contribution >= 4 is 11.8 Å². The Morgan fingerprint density at radius 2 is 1.60 bits per heavy atom. The third-order valence-electron chi connectivity index (χ3n) is 3.74. The van der Waals surface area contributed by atoms with E-state index in [-0.39, 0.29) is 24.9 Å². The van der Waals surface area contributed by atoms with Gasteiger partial charge in [-0.3, -0.25) is 9.59 Å². The first kappa shape index (κ1) is 17.0. The molecule has 1 aliphatic carbocycles. The fraction of sp³-hybridized carbons (Fsp3) is 0.867. The highest BCUT2D eigenvalue weighted by Gasteiger charge is 2.28. The summed E-state index contributed by atoms with van der Waals surface area (Å²) in [5.41, 5.74) is -1.28. The highest BCUT2D eigenvalue weighted by molar-refractivity contribution is 5.87. The standard InChI is InChI=1S/C15H28N2O3/c1-14(2,3)13(19)16-10-12(18)17-11-15(20)8-6-4-5-7-9-15/h20H,4-11H2,1-3H3,(H,16,19)(H,17,18). The molecule has 0 aromatic heterocycles. The highest BCUT2D eigenvalue weighted by atomic mass is 16.3. The minimum atomic E-state index is -0.778. The Labute approximate surface area is 121 Å². The quantitative estimate of drug-likeness (QED) is 0.682. The van der Waals surface area contributed by atoms with Gasteiger partial charge in [-0.05, 0) is 12.8 Å². The van der Waals surface area contributed by atoms with Gasteiger partial charge in [0.15, 0.2) is 0 Å². The molecule has 0 aliphatic heterocycles. The average Bonchev–Trinajstić information content (AvgIpc) is 2.58. The number of aliphatic hydroxyl groups is 1. The Kier molecular flexibility index (Phi) is 5.99. The van der Waals surface area contributed by atoms with Crippen molar-refractivity contribution in [2.24, 2.45) is 5.41 Å². The monoisotopic (exact) mass is 284 g/mol. The lowest BCUT2D eigenvalue weighted by Crippen LogP contribution is -2.47. The van der Waals surface area contributed by atoms with Crippen LogP contribution in [0.3, 0.4) is 0 Å². The van der Waals surface area contributed by atoms with E-state index in [1.165, 1.54) is 0 Å². The molecule has 1 fully saturated rings. The van der Waals surface area contributed by atoms with Crippen molar-refractivity contribution in [1.82, 2.24) is 10.6 Å². The maximum Gasteiger partial charge on any atom is 0.239 e. The summed E-state index contributed by atoms with van der Waals surface area (Å²) in [5, 5.41) is 15.7. The summed E-state index contributed by atoms with van der Waals surface area (Å²) in [5.74, 6) is -0.402. The normalized spacial score (nSPS) is 19.0. The van der Waals surface area contributed by atoms with Crippen LogP contribution in [0.2, 0.25) is 0 Å². The SMILES string of the molecule is CC(C)(C)C(=O)NCC(=O)NCC1(O)CCCCCC1. The first-order chi connectivity index (χ1) is 9.23. The van der Waals surface area contributed by atoms with Crippen molar-refractivity contribution in [2.45, 2.75) is 64.9 Å². The Hall–Kier alpha value is -1.10. The van der Waals surface area contributed by atoms with Gasteiger partial charge in [-0.1, -0.05) is 46.5 Å². The van der Waals surface area contributed by atoms with Crippen LogP contribution in [0, 0.1) is 5.41 Å². The molecular formula is C15H28N2O3. The van der Waals surface area contributed by atoms with Gasteiger partial charge in [0.05, 0.1) is 12.1 Å². The molecule has 0 radical (unpaired) electrons. The molecule has 5 nitrogen and oxygen atoms in total. The van der Waals surface area contributed by atoms with Crippen LogP contribution >= 0.6 is 0 Å². The first-order valence-electron chi connectivity index (χ1n) is 7.50. The van der Waals surface area contributed by atoms with Gasteiger partial charge in [-0.25, -0.2) is 0 Å².